The van der Waals surface area contributed by atoms with Crippen molar-refractivity contribution in [1.29, 1.82) is 0 Å². The zero-order valence-electron chi connectivity index (χ0n) is 15.1. The fourth-order valence-electron chi connectivity index (χ4n) is 2.36. The van der Waals surface area contributed by atoms with Gasteiger partial charge in [-0.05, 0) is 44.5 Å². The van der Waals surface area contributed by atoms with Crippen LogP contribution in [0, 0.1) is 11.8 Å². The number of hydrogen-bond acceptors (Lipinski definition) is 4. The van der Waals surface area contributed by atoms with Crippen LogP contribution >= 0.6 is 0 Å². The number of ether oxygens (including phenoxy) is 2. The van der Waals surface area contributed by atoms with E-state index in [1.54, 1.807) is 13.3 Å². The Morgan fingerprint density at radius 1 is 1.36 bits per heavy atom. The zero-order chi connectivity index (χ0) is 18.3. The van der Waals surface area contributed by atoms with Crippen molar-refractivity contribution in [1.82, 2.24) is 10.3 Å². The van der Waals surface area contributed by atoms with Crippen LogP contribution in [-0.4, -0.2) is 36.3 Å². The molecule has 0 spiro atoms. The van der Waals surface area contributed by atoms with Gasteiger partial charge in [0.2, 0.25) is 0 Å². The number of rotatable bonds is 6. The van der Waals surface area contributed by atoms with Gasteiger partial charge in [-0.1, -0.05) is 24.8 Å². The van der Waals surface area contributed by atoms with Crippen LogP contribution in [0.5, 0.6) is 5.75 Å². The number of methoxy groups -OCH3 is 1. The summed E-state index contributed by atoms with van der Waals surface area (Å²) in [7, 11) is 1.58. The fraction of sp³-hybridized carbons (Fsp3) is 0.400. The summed E-state index contributed by atoms with van der Waals surface area (Å²) in [4.78, 5) is 16.8. The van der Waals surface area contributed by atoms with Gasteiger partial charge in [-0.25, -0.2) is 0 Å². The molecule has 0 saturated carbocycles. The SMILES string of the molecule is CCC(Oc1ccc2ncccc2c1)C(=O)NC(C)(C)C#CCOC. The Labute approximate surface area is 148 Å². The molecule has 0 saturated heterocycles. The number of amides is 1. The summed E-state index contributed by atoms with van der Waals surface area (Å²) < 4.78 is 10.8. The molecule has 132 valence electrons. The quantitative estimate of drug-likeness (QED) is 0.822. The molecular formula is C20H24N2O3. The minimum Gasteiger partial charge on any atom is -0.481 e. The second-order valence-electron chi connectivity index (χ2n) is 6.22. The van der Waals surface area contributed by atoms with E-state index in [4.69, 9.17) is 9.47 Å². The number of benzene rings is 1. The summed E-state index contributed by atoms with van der Waals surface area (Å²) in [5.74, 6) is 6.31. The number of pyridine rings is 1. The van der Waals surface area contributed by atoms with E-state index in [1.165, 1.54) is 0 Å². The van der Waals surface area contributed by atoms with Crippen LogP contribution < -0.4 is 10.1 Å². The van der Waals surface area contributed by atoms with E-state index in [2.05, 4.69) is 22.1 Å². The lowest BCUT2D eigenvalue weighted by Crippen LogP contribution is -2.48. The highest BCUT2D eigenvalue weighted by Gasteiger charge is 2.24. The molecule has 0 bridgehead atoms. The summed E-state index contributed by atoms with van der Waals surface area (Å²) >= 11 is 0. The summed E-state index contributed by atoms with van der Waals surface area (Å²) in [6.07, 6.45) is 1.72. The maximum atomic E-state index is 12.5. The topological polar surface area (TPSA) is 60.5 Å². The third-order valence-electron chi connectivity index (χ3n) is 3.57. The van der Waals surface area contributed by atoms with Gasteiger partial charge in [0.05, 0.1) is 11.1 Å². The lowest BCUT2D eigenvalue weighted by Gasteiger charge is -2.24. The average molecular weight is 340 g/mol. The number of hydrogen-bond donors (Lipinski definition) is 1. The van der Waals surface area contributed by atoms with Gasteiger partial charge in [-0.2, -0.15) is 0 Å². The normalized spacial score (nSPS) is 12.2. The molecule has 0 aliphatic heterocycles. The molecule has 5 heteroatoms. The van der Waals surface area contributed by atoms with Gasteiger partial charge < -0.3 is 14.8 Å². The lowest BCUT2D eigenvalue weighted by atomic mass is 10.1. The van der Waals surface area contributed by atoms with Gasteiger partial charge in [0, 0.05) is 18.7 Å². The van der Waals surface area contributed by atoms with Crippen molar-refractivity contribution < 1.29 is 14.3 Å². The molecule has 1 amide bonds. The van der Waals surface area contributed by atoms with E-state index in [0.29, 0.717) is 18.8 Å². The third kappa shape index (κ3) is 5.47. The molecule has 0 aliphatic carbocycles. The van der Waals surface area contributed by atoms with Crippen molar-refractivity contribution in [2.75, 3.05) is 13.7 Å². The van der Waals surface area contributed by atoms with Crippen molar-refractivity contribution in [2.45, 2.75) is 38.8 Å². The Morgan fingerprint density at radius 3 is 2.88 bits per heavy atom. The van der Waals surface area contributed by atoms with Gasteiger partial charge in [-0.15, -0.1) is 0 Å². The number of nitrogens with zero attached hydrogens (tertiary/aromatic N) is 1. The second-order valence-corrected chi connectivity index (χ2v) is 6.22. The van der Waals surface area contributed by atoms with Crippen LogP contribution in [0.25, 0.3) is 10.9 Å². The van der Waals surface area contributed by atoms with Gasteiger partial charge >= 0.3 is 0 Å². The Morgan fingerprint density at radius 2 is 2.16 bits per heavy atom. The van der Waals surface area contributed by atoms with Crippen LogP contribution in [0.1, 0.15) is 27.2 Å². The molecule has 5 nitrogen and oxygen atoms in total. The van der Waals surface area contributed by atoms with Crippen LogP contribution in [-0.2, 0) is 9.53 Å². The van der Waals surface area contributed by atoms with E-state index in [1.807, 2.05) is 51.1 Å². The largest absolute Gasteiger partial charge is 0.481 e. The molecule has 25 heavy (non-hydrogen) atoms. The highest BCUT2D eigenvalue weighted by atomic mass is 16.5. The lowest BCUT2D eigenvalue weighted by molar-refractivity contribution is -0.129. The number of nitrogens with one attached hydrogen (secondary N) is 1. The van der Waals surface area contributed by atoms with Crippen molar-refractivity contribution in [3.8, 4) is 17.6 Å². The molecule has 2 rings (SSSR count). The third-order valence-corrected chi connectivity index (χ3v) is 3.57. The Bertz CT molecular complexity index is 790. The summed E-state index contributed by atoms with van der Waals surface area (Å²) in [5.41, 5.74) is 0.238. The number of carbonyl (C=O) groups is 1. The van der Waals surface area contributed by atoms with Crippen molar-refractivity contribution in [3.05, 3.63) is 36.5 Å². The number of aromatic nitrogens is 1. The molecule has 1 heterocycles. The molecule has 1 unspecified atom stereocenters. The summed E-state index contributed by atoms with van der Waals surface area (Å²) in [6.45, 7) is 5.94. The maximum Gasteiger partial charge on any atom is 0.262 e. The van der Waals surface area contributed by atoms with Gasteiger partial charge in [0.1, 0.15) is 12.4 Å². The second kappa shape index (κ2) is 8.50. The van der Waals surface area contributed by atoms with Crippen LogP contribution in [0.15, 0.2) is 36.5 Å². The molecule has 2 aromatic rings. The molecular weight excluding hydrogens is 316 g/mol. The predicted molar refractivity (Wildman–Crippen MR) is 98.3 cm³/mol. The molecule has 1 aromatic carbocycles. The standard InChI is InChI=1S/C20H24N2O3/c1-5-18(19(23)22-20(2,3)11-7-13-24-4)25-16-9-10-17-15(14-16)8-6-12-21-17/h6,8-10,12,14,18H,5,13H2,1-4H3,(H,22,23). The Kier molecular flexibility index (Phi) is 6.37. The van der Waals surface area contributed by atoms with Gasteiger partial charge in [0.15, 0.2) is 6.10 Å². The average Bonchev–Trinajstić information content (AvgIpc) is 2.59. The zero-order valence-corrected chi connectivity index (χ0v) is 15.1. The fourth-order valence-corrected chi connectivity index (χ4v) is 2.36. The van der Waals surface area contributed by atoms with E-state index in [0.717, 1.165) is 10.9 Å². The first-order valence-electron chi connectivity index (χ1n) is 8.27. The smallest absolute Gasteiger partial charge is 0.262 e. The molecule has 0 radical (unpaired) electrons. The van der Waals surface area contributed by atoms with E-state index in [-0.39, 0.29) is 5.91 Å². The minimum atomic E-state index is -0.653. The van der Waals surface area contributed by atoms with Crippen molar-refractivity contribution >= 4 is 16.8 Å². The minimum absolute atomic E-state index is 0.189. The van der Waals surface area contributed by atoms with Gasteiger partial charge in [0.25, 0.3) is 5.91 Å². The Hall–Kier alpha value is -2.58. The molecule has 1 aromatic heterocycles. The monoisotopic (exact) mass is 340 g/mol. The van der Waals surface area contributed by atoms with Crippen molar-refractivity contribution in [2.24, 2.45) is 0 Å². The van der Waals surface area contributed by atoms with Crippen molar-refractivity contribution in [3.63, 3.8) is 0 Å². The molecule has 0 aliphatic rings. The summed E-state index contributed by atoms with van der Waals surface area (Å²) in [6, 6.07) is 9.44. The first kappa shape index (κ1) is 18.8. The van der Waals surface area contributed by atoms with Gasteiger partial charge in [-0.3, -0.25) is 9.78 Å². The molecule has 1 N–H and O–H groups in total. The van der Waals surface area contributed by atoms with E-state index in [9.17, 15) is 4.79 Å². The maximum absolute atomic E-state index is 12.5. The highest BCUT2D eigenvalue weighted by Crippen LogP contribution is 2.20. The molecule has 0 fully saturated rings. The Balaban J connectivity index is 2.07. The highest BCUT2D eigenvalue weighted by molar-refractivity contribution is 5.83. The first-order chi connectivity index (χ1) is 11.9. The van der Waals surface area contributed by atoms with E-state index < -0.39 is 11.6 Å². The van der Waals surface area contributed by atoms with Crippen LogP contribution in [0.3, 0.4) is 0 Å². The number of fused-ring (bicyclic) bond motifs is 1. The predicted octanol–water partition coefficient (Wildman–Crippen LogP) is 2.94. The summed E-state index contributed by atoms with van der Waals surface area (Å²) in [5, 5.41) is 3.89. The van der Waals surface area contributed by atoms with Crippen LogP contribution in [0.4, 0.5) is 0 Å². The first-order valence-corrected chi connectivity index (χ1v) is 8.27. The number of carbonyl (C=O) groups excluding carboxylic acids is 1. The molecule has 1 atom stereocenters. The van der Waals surface area contributed by atoms with E-state index >= 15 is 0 Å². The van der Waals surface area contributed by atoms with Crippen LogP contribution in [0.2, 0.25) is 0 Å².